The quantitative estimate of drug-likeness (QED) is 0.0820. The first-order valence-corrected chi connectivity index (χ1v) is 15.1. The molecule has 0 bridgehead atoms. The molecule has 0 radical (unpaired) electrons. The number of allylic oxidation sites excluding steroid dienone is 3. The molecule has 0 aromatic heterocycles. The molecule has 194 valence electrons. The van der Waals surface area contributed by atoms with Gasteiger partial charge in [-0.3, -0.25) is 0 Å². The van der Waals surface area contributed by atoms with Gasteiger partial charge in [0.15, 0.2) is 0 Å². The van der Waals surface area contributed by atoms with E-state index in [4.69, 9.17) is 0 Å². The molecule has 0 aliphatic carbocycles. The third kappa shape index (κ3) is 8.60. The van der Waals surface area contributed by atoms with E-state index >= 15 is 0 Å². The Balaban J connectivity index is 1.68. The van der Waals surface area contributed by atoms with Crippen LogP contribution in [0.1, 0.15) is 5.56 Å². The Morgan fingerprint density at radius 3 is 1.85 bits per heavy atom. The van der Waals surface area contributed by atoms with E-state index < -0.39 is 15.5 Å². The van der Waals surface area contributed by atoms with Crippen LogP contribution in [0.25, 0.3) is 6.08 Å². The number of nitrogens with zero attached hydrogens (tertiary/aromatic N) is 3. The zero-order chi connectivity index (χ0) is 27.5. The van der Waals surface area contributed by atoms with Crippen LogP contribution >= 0.6 is 0 Å². The fraction of sp³-hybridized carbons (Fsp3) is 0. The number of hydrazone groups is 1. The molecule has 1 N–H and O–H groups in total. The van der Waals surface area contributed by atoms with Crippen molar-refractivity contribution in [3.05, 3.63) is 150 Å². The van der Waals surface area contributed by atoms with Gasteiger partial charge < -0.3 is 0 Å². The van der Waals surface area contributed by atoms with Crippen LogP contribution in [0, 0.1) is 20.2 Å². The average Bonchev–Trinajstić information content (AvgIpc) is 2.94. The van der Waals surface area contributed by atoms with Crippen LogP contribution in [0.3, 0.4) is 0 Å². The van der Waals surface area contributed by atoms with E-state index in [2.05, 4.69) is 59.1 Å². The van der Waals surface area contributed by atoms with Gasteiger partial charge in [0.2, 0.25) is 0 Å². The molecule has 39 heavy (non-hydrogen) atoms. The number of hydrogen-bond acceptors (Lipinski definition) is 6. The summed E-state index contributed by atoms with van der Waals surface area (Å²) in [5.74, 6) is 0. The molecule has 0 fully saturated rings. The number of nitro benzene ring substituents is 2. The first-order valence-electron chi connectivity index (χ1n) is 11.6. The second-order valence-corrected chi connectivity index (χ2v) is 12.7. The molecule has 4 aromatic carbocycles. The van der Waals surface area contributed by atoms with Crippen molar-refractivity contribution in [2.45, 2.75) is 0 Å². The summed E-state index contributed by atoms with van der Waals surface area (Å²) in [6.45, 7) is 0. The van der Waals surface area contributed by atoms with Crippen molar-refractivity contribution in [1.29, 1.82) is 0 Å². The summed E-state index contributed by atoms with van der Waals surface area (Å²) in [6, 6.07) is 33.8. The fourth-order valence-corrected chi connectivity index (χ4v) is 7.50. The van der Waals surface area contributed by atoms with Crippen molar-refractivity contribution in [3.8, 4) is 0 Å². The Kier molecular flexibility index (Phi) is 9.94. The van der Waals surface area contributed by atoms with Crippen LogP contribution in [0.4, 0.5) is 17.1 Å². The normalized spacial score (nSPS) is 11.9. The van der Waals surface area contributed by atoms with Gasteiger partial charge in [0, 0.05) is 0 Å². The first kappa shape index (κ1) is 27.7. The van der Waals surface area contributed by atoms with E-state index in [0.717, 1.165) is 25.0 Å². The molecule has 0 amide bonds. The van der Waals surface area contributed by atoms with E-state index in [-0.39, 0.29) is 41.3 Å². The molecule has 0 aliphatic heterocycles. The summed E-state index contributed by atoms with van der Waals surface area (Å²) >= 11 is -0.0794. The standard InChI is InChI=1S/C29H22N4O4Se2/c34-32(35)23-16-17-28(29(19-23)33(36)37)31-30-21-27(39-25-14-8-3-9-15-25)20-26(18-22-10-4-1-5-11-22)38-24-12-6-2-7-13-24/h1-21,31H/b26-18-,27-20+,30-21+. The maximum absolute atomic E-state index is 11.5. The monoisotopic (exact) mass is 650 g/mol. The SMILES string of the molecule is O=[N+]([O-])c1ccc(N/N=C/C(=C\C(=C\c2ccccc2)[Se]c2ccccc2)[Se]c2ccccc2)c([N+](=O)[O-])c1. The van der Waals surface area contributed by atoms with E-state index in [1.54, 1.807) is 6.21 Å². The van der Waals surface area contributed by atoms with Crippen molar-refractivity contribution in [2.24, 2.45) is 5.10 Å². The van der Waals surface area contributed by atoms with Crippen molar-refractivity contribution < 1.29 is 9.85 Å². The molecule has 0 aliphatic rings. The molecule has 4 aromatic rings. The molecule has 0 saturated heterocycles. The number of non-ortho nitro benzene ring substituents is 1. The van der Waals surface area contributed by atoms with E-state index in [9.17, 15) is 20.2 Å². The van der Waals surface area contributed by atoms with Gasteiger partial charge in [0.25, 0.3) is 0 Å². The van der Waals surface area contributed by atoms with Crippen LogP contribution in [0.5, 0.6) is 0 Å². The Morgan fingerprint density at radius 1 is 0.718 bits per heavy atom. The zero-order valence-corrected chi connectivity index (χ0v) is 23.8. The summed E-state index contributed by atoms with van der Waals surface area (Å²) < 4.78 is 4.47. The number of nitrogens with one attached hydrogen (secondary N) is 1. The first-order chi connectivity index (χ1) is 19.0. The summed E-state index contributed by atoms with van der Waals surface area (Å²) in [6.07, 6.45) is 5.96. The van der Waals surface area contributed by atoms with Gasteiger partial charge in [0.1, 0.15) is 0 Å². The number of anilines is 1. The Labute approximate surface area is 237 Å². The van der Waals surface area contributed by atoms with E-state index in [0.29, 0.717) is 0 Å². The molecule has 0 unspecified atom stereocenters. The van der Waals surface area contributed by atoms with Crippen molar-refractivity contribution in [3.63, 3.8) is 0 Å². The Morgan fingerprint density at radius 2 is 1.28 bits per heavy atom. The second kappa shape index (κ2) is 14.0. The molecule has 0 atom stereocenters. The predicted octanol–water partition coefficient (Wildman–Crippen LogP) is 4.89. The van der Waals surface area contributed by atoms with Crippen LogP contribution in [-0.4, -0.2) is 46.0 Å². The van der Waals surface area contributed by atoms with Crippen LogP contribution < -0.4 is 14.3 Å². The van der Waals surface area contributed by atoms with Crippen molar-refractivity contribution in [1.82, 2.24) is 0 Å². The molecule has 8 nitrogen and oxygen atoms in total. The van der Waals surface area contributed by atoms with Gasteiger partial charge in [-0.05, 0) is 0 Å². The van der Waals surface area contributed by atoms with Crippen LogP contribution in [0.2, 0.25) is 0 Å². The second-order valence-electron chi connectivity index (χ2n) is 7.92. The van der Waals surface area contributed by atoms with Gasteiger partial charge in [-0.1, -0.05) is 0 Å². The predicted molar refractivity (Wildman–Crippen MR) is 158 cm³/mol. The molecule has 0 heterocycles. The minimum absolute atomic E-state index is 0.0214. The molecule has 4 rings (SSSR count). The van der Waals surface area contributed by atoms with Crippen molar-refractivity contribution in [2.75, 3.05) is 5.43 Å². The van der Waals surface area contributed by atoms with Gasteiger partial charge >= 0.3 is 239 Å². The van der Waals surface area contributed by atoms with Gasteiger partial charge in [-0.25, -0.2) is 0 Å². The van der Waals surface area contributed by atoms with Crippen LogP contribution in [0.15, 0.2) is 129 Å². The van der Waals surface area contributed by atoms with Gasteiger partial charge in [0.05, 0.1) is 0 Å². The summed E-state index contributed by atoms with van der Waals surface area (Å²) in [4.78, 5) is 21.2. The third-order valence-corrected chi connectivity index (χ3v) is 9.20. The van der Waals surface area contributed by atoms with Crippen molar-refractivity contribution >= 4 is 68.2 Å². The average molecular weight is 648 g/mol. The van der Waals surface area contributed by atoms with E-state index in [1.807, 2.05) is 54.6 Å². The minimum atomic E-state index is -0.668. The number of benzene rings is 4. The third-order valence-electron chi connectivity index (χ3n) is 5.12. The van der Waals surface area contributed by atoms with Gasteiger partial charge in [-0.15, -0.1) is 0 Å². The number of nitro groups is 2. The molecule has 0 spiro atoms. The molecule has 0 saturated carbocycles. The zero-order valence-electron chi connectivity index (χ0n) is 20.4. The number of hydrogen-bond donors (Lipinski definition) is 1. The number of rotatable bonds is 11. The topological polar surface area (TPSA) is 111 Å². The molecule has 10 heteroatoms. The van der Waals surface area contributed by atoms with Crippen LogP contribution in [-0.2, 0) is 0 Å². The molecular formula is C29H22N4O4Se2. The maximum atomic E-state index is 11.5. The summed E-state index contributed by atoms with van der Waals surface area (Å²) in [5, 5.41) is 26.9. The fourth-order valence-electron chi connectivity index (χ4n) is 3.34. The summed E-state index contributed by atoms with van der Waals surface area (Å²) in [7, 11) is 0. The van der Waals surface area contributed by atoms with E-state index in [1.165, 1.54) is 16.6 Å². The Bertz CT molecular complexity index is 1530. The molecular weight excluding hydrogens is 626 g/mol. The van der Waals surface area contributed by atoms with Gasteiger partial charge in [-0.2, -0.15) is 0 Å². The Hall–Kier alpha value is -4.33. The summed E-state index contributed by atoms with van der Waals surface area (Å²) in [5.41, 5.74) is 3.09.